The van der Waals surface area contributed by atoms with Crippen LogP contribution in [0.25, 0.3) is 0 Å². The third-order valence-corrected chi connectivity index (χ3v) is 8.20. The largest absolute Gasteiger partial charge is 0.348 e. The van der Waals surface area contributed by atoms with Gasteiger partial charge in [-0.15, -0.1) is 5.10 Å². The second-order valence-electron chi connectivity index (χ2n) is 10.4. The first kappa shape index (κ1) is 23.6. The van der Waals surface area contributed by atoms with Gasteiger partial charge in [0.1, 0.15) is 0 Å². The van der Waals surface area contributed by atoms with Crippen LogP contribution >= 0.6 is 11.6 Å². The molecule has 1 saturated heterocycles. The van der Waals surface area contributed by atoms with E-state index in [1.165, 1.54) is 0 Å². The van der Waals surface area contributed by atoms with Crippen LogP contribution in [0.2, 0.25) is 5.02 Å². The number of carbonyl (C=O) groups is 2. The molecule has 3 fully saturated rings. The number of piperidine rings is 1. The molecule has 3 heterocycles. The van der Waals surface area contributed by atoms with E-state index in [4.69, 9.17) is 11.6 Å². The van der Waals surface area contributed by atoms with E-state index in [1.807, 2.05) is 30.9 Å². The van der Waals surface area contributed by atoms with Crippen LogP contribution in [-0.2, 0) is 4.79 Å². The van der Waals surface area contributed by atoms with Crippen LogP contribution in [-0.4, -0.2) is 44.4 Å². The first-order valence-electron chi connectivity index (χ1n) is 12.5. The molecule has 6 rings (SSSR count). The summed E-state index contributed by atoms with van der Waals surface area (Å²) in [6.07, 6.45) is 5.90. The van der Waals surface area contributed by atoms with E-state index in [1.54, 1.807) is 29.2 Å². The first-order chi connectivity index (χ1) is 17.8. The summed E-state index contributed by atoms with van der Waals surface area (Å²) in [7, 11) is 0. The number of anilines is 1. The topological polar surface area (TPSA) is 117 Å². The predicted molar refractivity (Wildman–Crippen MR) is 136 cm³/mol. The van der Waals surface area contributed by atoms with Gasteiger partial charge < -0.3 is 10.2 Å². The van der Waals surface area contributed by atoms with Gasteiger partial charge in [-0.1, -0.05) is 16.8 Å². The molecule has 1 N–H and O–H groups in total. The van der Waals surface area contributed by atoms with Crippen molar-refractivity contribution in [2.45, 2.75) is 51.1 Å². The van der Waals surface area contributed by atoms with Crippen molar-refractivity contribution < 1.29 is 9.59 Å². The zero-order valence-electron chi connectivity index (χ0n) is 20.6. The van der Waals surface area contributed by atoms with Crippen molar-refractivity contribution in [3.63, 3.8) is 0 Å². The Kier molecular flexibility index (Phi) is 5.72. The van der Waals surface area contributed by atoms with Crippen LogP contribution in [0.15, 0.2) is 36.7 Å². The molecule has 0 radical (unpaired) electrons. The number of halogens is 1. The highest BCUT2D eigenvalue weighted by Crippen LogP contribution is 2.48. The summed E-state index contributed by atoms with van der Waals surface area (Å²) in [5.74, 6) is 0.761. The summed E-state index contributed by atoms with van der Waals surface area (Å²) in [6, 6.07) is 9.29. The van der Waals surface area contributed by atoms with Crippen LogP contribution in [0.3, 0.4) is 0 Å². The van der Waals surface area contributed by atoms with E-state index in [0.29, 0.717) is 16.5 Å². The molecule has 9 nitrogen and oxygen atoms in total. The van der Waals surface area contributed by atoms with E-state index in [2.05, 4.69) is 26.7 Å². The van der Waals surface area contributed by atoms with Gasteiger partial charge in [0, 0.05) is 29.7 Å². The lowest BCUT2D eigenvalue weighted by atomic mass is 9.74. The summed E-state index contributed by atoms with van der Waals surface area (Å²) in [4.78, 5) is 31.8. The lowest BCUT2D eigenvalue weighted by Gasteiger charge is -2.36. The molecule has 2 aromatic heterocycles. The molecule has 3 atom stereocenters. The third-order valence-electron chi connectivity index (χ3n) is 7.96. The van der Waals surface area contributed by atoms with Crippen LogP contribution in [0, 0.1) is 30.1 Å². The smallest absolute Gasteiger partial charge is 0.273 e. The average molecular weight is 516 g/mol. The van der Waals surface area contributed by atoms with Gasteiger partial charge in [-0.25, -0.2) is 4.68 Å². The molecule has 1 aromatic carbocycles. The molecule has 188 valence electrons. The number of benzene rings is 1. The number of aromatic nitrogens is 4. The van der Waals surface area contributed by atoms with Crippen LogP contribution in [0.4, 0.5) is 5.69 Å². The molecule has 2 aliphatic carbocycles. The minimum atomic E-state index is -0.280. The highest BCUT2D eigenvalue weighted by Gasteiger charge is 2.52. The number of aryl methyl sites for hydroxylation is 1. The Labute approximate surface area is 219 Å². The summed E-state index contributed by atoms with van der Waals surface area (Å²) in [5.41, 5.74) is 4.35. The fraction of sp³-hybridized carbons (Fsp3) is 0.407. The molecule has 3 aromatic rings. The highest BCUT2D eigenvalue weighted by molar-refractivity contribution is 6.30. The average Bonchev–Trinajstić information content (AvgIpc) is 3.32. The number of pyridine rings is 1. The van der Waals surface area contributed by atoms with E-state index >= 15 is 0 Å². The summed E-state index contributed by atoms with van der Waals surface area (Å²) < 4.78 is 1.64. The molecule has 10 heteroatoms. The van der Waals surface area contributed by atoms with Crippen LogP contribution in [0.1, 0.15) is 71.0 Å². The Morgan fingerprint density at radius 1 is 1.27 bits per heavy atom. The molecule has 0 bridgehead atoms. The van der Waals surface area contributed by atoms with E-state index in [0.717, 1.165) is 48.3 Å². The predicted octanol–water partition coefficient (Wildman–Crippen LogP) is 3.77. The van der Waals surface area contributed by atoms with Gasteiger partial charge in [0.25, 0.3) is 5.91 Å². The minimum Gasteiger partial charge on any atom is -0.348 e. The monoisotopic (exact) mass is 515 g/mol. The maximum atomic E-state index is 12.8. The number of hydrogen-bond donors (Lipinski definition) is 1. The highest BCUT2D eigenvalue weighted by atomic mass is 35.5. The number of nitriles is 1. The Morgan fingerprint density at radius 3 is 2.81 bits per heavy atom. The fourth-order valence-electron chi connectivity index (χ4n) is 5.48. The molecule has 2 saturated carbocycles. The number of hydrogen-bond acceptors (Lipinski definition) is 6. The van der Waals surface area contributed by atoms with E-state index < -0.39 is 0 Å². The van der Waals surface area contributed by atoms with Gasteiger partial charge in [0.2, 0.25) is 5.91 Å². The second-order valence-corrected chi connectivity index (χ2v) is 10.8. The Balaban J connectivity index is 1.10. The second kappa shape index (κ2) is 8.96. The van der Waals surface area contributed by atoms with Crippen molar-refractivity contribution >= 4 is 29.1 Å². The Hall–Kier alpha value is -3.77. The van der Waals surface area contributed by atoms with Gasteiger partial charge in [-0.2, -0.15) is 5.26 Å². The standard InChI is InChI=1S/C27H26ClN7O2/c1-14-25(34-12-19-7-23(19)27(34)37)8-18(11-30-14)15(2)35-13-24(32-33-35)26(36)31-21-5-17(6-21)22-9-20(28)4-3-16(22)10-29/h3-4,8-9,11,13,15,17,19,21,23H,5-7,12H2,1-2H3,(H,31,36)/t15-,17-,19+,21+,23+/m0/s1. The number of carbonyl (C=O) groups excluding carboxylic acids is 2. The zero-order valence-corrected chi connectivity index (χ0v) is 21.3. The number of nitrogens with zero attached hydrogens (tertiary/aromatic N) is 6. The molecule has 1 aliphatic heterocycles. The van der Waals surface area contributed by atoms with Crippen molar-refractivity contribution in [1.29, 1.82) is 5.26 Å². The molecule has 3 aliphatic rings. The number of amides is 2. The Bertz CT molecular complexity index is 1460. The molecule has 0 spiro atoms. The number of fused-ring (bicyclic) bond motifs is 1. The van der Waals surface area contributed by atoms with Gasteiger partial charge in [0.05, 0.1) is 35.3 Å². The van der Waals surface area contributed by atoms with Gasteiger partial charge in [-0.05, 0) is 80.3 Å². The van der Waals surface area contributed by atoms with Crippen LogP contribution in [0.5, 0.6) is 0 Å². The minimum absolute atomic E-state index is 0.00124. The number of rotatable bonds is 6. The fourth-order valence-corrected chi connectivity index (χ4v) is 5.66. The molecular weight excluding hydrogens is 490 g/mol. The van der Waals surface area contributed by atoms with Crippen LogP contribution < -0.4 is 10.2 Å². The van der Waals surface area contributed by atoms with Crippen molar-refractivity contribution in [3.05, 3.63) is 69.8 Å². The Morgan fingerprint density at radius 2 is 2.08 bits per heavy atom. The maximum Gasteiger partial charge on any atom is 0.273 e. The first-order valence-corrected chi connectivity index (χ1v) is 12.9. The normalized spacial score (nSPS) is 24.7. The van der Waals surface area contributed by atoms with Crippen molar-refractivity contribution in [2.24, 2.45) is 11.8 Å². The van der Waals surface area contributed by atoms with E-state index in [9.17, 15) is 14.9 Å². The SMILES string of the molecule is Cc1ncc([C@H](C)n2cc(C(=O)N[C@H]3C[C@@H](c4cc(Cl)ccc4C#N)C3)nn2)cc1N1C[C@H]2C[C@H]2C1=O. The van der Waals surface area contributed by atoms with Gasteiger partial charge >= 0.3 is 0 Å². The molecule has 0 unspecified atom stereocenters. The summed E-state index contributed by atoms with van der Waals surface area (Å²) >= 11 is 6.12. The van der Waals surface area contributed by atoms with Crippen molar-refractivity contribution in [2.75, 3.05) is 11.4 Å². The van der Waals surface area contributed by atoms with Crippen molar-refractivity contribution in [3.8, 4) is 6.07 Å². The molecular formula is C27H26ClN7O2. The van der Waals surface area contributed by atoms with Crippen molar-refractivity contribution in [1.82, 2.24) is 25.3 Å². The third kappa shape index (κ3) is 4.25. The lowest BCUT2D eigenvalue weighted by molar-refractivity contribution is -0.118. The summed E-state index contributed by atoms with van der Waals surface area (Å²) in [5, 5.41) is 21.3. The summed E-state index contributed by atoms with van der Waals surface area (Å²) in [6.45, 7) is 4.64. The van der Waals surface area contributed by atoms with Gasteiger partial charge in [0.15, 0.2) is 5.69 Å². The molecule has 37 heavy (non-hydrogen) atoms. The van der Waals surface area contributed by atoms with Gasteiger partial charge in [-0.3, -0.25) is 14.6 Å². The number of nitrogens with one attached hydrogen (secondary N) is 1. The zero-order chi connectivity index (χ0) is 25.8. The maximum absolute atomic E-state index is 12.8. The quantitative estimate of drug-likeness (QED) is 0.534. The molecule has 2 amide bonds. The lowest BCUT2D eigenvalue weighted by Crippen LogP contribution is -2.43. The van der Waals surface area contributed by atoms with E-state index in [-0.39, 0.29) is 41.4 Å².